The summed E-state index contributed by atoms with van der Waals surface area (Å²) >= 11 is 0. The van der Waals surface area contributed by atoms with Crippen molar-refractivity contribution in [2.45, 2.75) is 45.7 Å². The first-order chi connectivity index (χ1) is 8.85. The largest absolute Gasteiger partial charge is 0.382 e. The summed E-state index contributed by atoms with van der Waals surface area (Å²) in [7, 11) is 1.95. The van der Waals surface area contributed by atoms with Gasteiger partial charge in [0.25, 0.3) is 0 Å². The van der Waals surface area contributed by atoms with E-state index in [1.54, 1.807) is 0 Å². The summed E-state index contributed by atoms with van der Waals surface area (Å²) in [6, 6.07) is 0. The highest BCUT2D eigenvalue weighted by molar-refractivity contribution is 5.12. The number of nitrogens with one attached hydrogen (secondary N) is 1. The number of rotatable bonds is 9. The van der Waals surface area contributed by atoms with Crippen LogP contribution in [0.4, 0.5) is 0 Å². The SMILES string of the molecule is CCOCCCn1nnc(CNC)c1CC1CC1. The van der Waals surface area contributed by atoms with Gasteiger partial charge < -0.3 is 10.1 Å². The van der Waals surface area contributed by atoms with E-state index in [4.69, 9.17) is 4.74 Å². The Labute approximate surface area is 109 Å². The molecule has 1 aromatic rings. The molecule has 1 fully saturated rings. The summed E-state index contributed by atoms with van der Waals surface area (Å²) in [5.41, 5.74) is 2.43. The molecule has 0 aromatic carbocycles. The van der Waals surface area contributed by atoms with Crippen LogP contribution in [0.25, 0.3) is 0 Å². The maximum Gasteiger partial charge on any atom is 0.0996 e. The lowest BCUT2D eigenvalue weighted by atomic mass is 10.1. The van der Waals surface area contributed by atoms with E-state index in [1.165, 1.54) is 18.5 Å². The van der Waals surface area contributed by atoms with Crippen LogP contribution in [0, 0.1) is 5.92 Å². The summed E-state index contributed by atoms with van der Waals surface area (Å²) in [4.78, 5) is 0. The number of ether oxygens (including phenoxy) is 1. The number of hydrogen-bond acceptors (Lipinski definition) is 4. The molecule has 1 N–H and O–H groups in total. The van der Waals surface area contributed by atoms with Gasteiger partial charge in [0, 0.05) is 26.3 Å². The molecule has 0 bridgehead atoms. The average molecular weight is 252 g/mol. The van der Waals surface area contributed by atoms with Crippen LogP contribution in [-0.2, 0) is 24.2 Å². The second kappa shape index (κ2) is 6.85. The van der Waals surface area contributed by atoms with Crippen molar-refractivity contribution in [3.05, 3.63) is 11.4 Å². The van der Waals surface area contributed by atoms with Gasteiger partial charge in [-0.1, -0.05) is 5.21 Å². The van der Waals surface area contributed by atoms with Crippen LogP contribution < -0.4 is 5.32 Å². The Kier molecular flexibility index (Phi) is 5.13. The molecule has 2 rings (SSSR count). The maximum absolute atomic E-state index is 5.37. The number of nitrogens with zero attached hydrogens (tertiary/aromatic N) is 3. The van der Waals surface area contributed by atoms with Crippen LogP contribution in [0.15, 0.2) is 0 Å². The maximum atomic E-state index is 5.37. The van der Waals surface area contributed by atoms with Crippen molar-refractivity contribution in [2.75, 3.05) is 20.3 Å². The zero-order valence-corrected chi connectivity index (χ0v) is 11.5. The Hall–Kier alpha value is -0.940. The third-order valence-corrected chi connectivity index (χ3v) is 3.30. The lowest BCUT2D eigenvalue weighted by molar-refractivity contribution is 0.140. The van der Waals surface area contributed by atoms with Crippen LogP contribution in [0.1, 0.15) is 37.6 Å². The Morgan fingerprint density at radius 1 is 1.44 bits per heavy atom. The van der Waals surface area contributed by atoms with E-state index < -0.39 is 0 Å². The van der Waals surface area contributed by atoms with Gasteiger partial charge in [0.15, 0.2) is 0 Å². The standard InChI is InChI=1S/C13H24N4O/c1-3-18-8-4-7-17-13(9-11-5-6-11)12(10-14-2)15-16-17/h11,14H,3-10H2,1-2H3. The molecule has 1 saturated carbocycles. The monoisotopic (exact) mass is 252 g/mol. The van der Waals surface area contributed by atoms with E-state index in [9.17, 15) is 0 Å². The quantitative estimate of drug-likeness (QED) is 0.675. The second-order valence-electron chi connectivity index (χ2n) is 4.93. The predicted molar refractivity (Wildman–Crippen MR) is 70.3 cm³/mol. The van der Waals surface area contributed by atoms with E-state index in [0.717, 1.165) is 50.8 Å². The van der Waals surface area contributed by atoms with Gasteiger partial charge in [0.05, 0.1) is 11.4 Å². The minimum absolute atomic E-state index is 0.789. The second-order valence-corrected chi connectivity index (χ2v) is 4.93. The highest BCUT2D eigenvalue weighted by Crippen LogP contribution is 2.33. The van der Waals surface area contributed by atoms with Crippen molar-refractivity contribution >= 4 is 0 Å². The molecule has 1 aliphatic rings. The number of aryl methyl sites for hydroxylation is 1. The number of aromatic nitrogens is 3. The fourth-order valence-corrected chi connectivity index (χ4v) is 2.13. The van der Waals surface area contributed by atoms with E-state index in [-0.39, 0.29) is 0 Å². The Balaban J connectivity index is 1.93. The van der Waals surface area contributed by atoms with E-state index in [1.807, 2.05) is 14.0 Å². The van der Waals surface area contributed by atoms with Crippen LogP contribution in [-0.4, -0.2) is 35.3 Å². The summed E-state index contributed by atoms with van der Waals surface area (Å²) < 4.78 is 7.44. The van der Waals surface area contributed by atoms with Crippen LogP contribution in [0.2, 0.25) is 0 Å². The van der Waals surface area contributed by atoms with Crippen molar-refractivity contribution in [3.63, 3.8) is 0 Å². The molecule has 102 valence electrons. The normalized spacial score (nSPS) is 15.2. The Bertz CT molecular complexity index is 360. The Morgan fingerprint density at radius 2 is 2.28 bits per heavy atom. The Morgan fingerprint density at radius 3 is 2.94 bits per heavy atom. The molecule has 1 aromatic heterocycles. The summed E-state index contributed by atoms with van der Waals surface area (Å²) in [5, 5.41) is 11.7. The molecule has 0 radical (unpaired) electrons. The topological polar surface area (TPSA) is 52.0 Å². The minimum atomic E-state index is 0.789. The third-order valence-electron chi connectivity index (χ3n) is 3.30. The molecule has 5 nitrogen and oxygen atoms in total. The van der Waals surface area contributed by atoms with Crippen molar-refractivity contribution in [1.82, 2.24) is 20.3 Å². The smallest absolute Gasteiger partial charge is 0.0996 e. The zero-order chi connectivity index (χ0) is 12.8. The van der Waals surface area contributed by atoms with Gasteiger partial charge in [0.2, 0.25) is 0 Å². The van der Waals surface area contributed by atoms with Gasteiger partial charge in [-0.15, -0.1) is 5.10 Å². The van der Waals surface area contributed by atoms with E-state index in [2.05, 4.69) is 20.3 Å². The number of hydrogen-bond donors (Lipinski definition) is 1. The molecular formula is C13H24N4O. The van der Waals surface area contributed by atoms with Gasteiger partial charge >= 0.3 is 0 Å². The summed E-state index contributed by atoms with van der Waals surface area (Å²) in [6.07, 6.45) is 4.87. The highest BCUT2D eigenvalue weighted by Gasteiger charge is 2.25. The van der Waals surface area contributed by atoms with E-state index >= 15 is 0 Å². The minimum Gasteiger partial charge on any atom is -0.382 e. The molecule has 0 aliphatic heterocycles. The lowest BCUT2D eigenvalue weighted by Crippen LogP contribution is -2.12. The third kappa shape index (κ3) is 3.78. The van der Waals surface area contributed by atoms with Crippen LogP contribution in [0.3, 0.4) is 0 Å². The van der Waals surface area contributed by atoms with Crippen LogP contribution >= 0.6 is 0 Å². The molecule has 1 aliphatic carbocycles. The molecule has 0 spiro atoms. The summed E-state index contributed by atoms with van der Waals surface area (Å²) in [5.74, 6) is 0.866. The molecule has 0 saturated heterocycles. The van der Waals surface area contributed by atoms with Gasteiger partial charge in [-0.25, -0.2) is 4.68 Å². The zero-order valence-electron chi connectivity index (χ0n) is 11.5. The van der Waals surface area contributed by atoms with Gasteiger partial charge in [-0.05, 0) is 45.6 Å². The summed E-state index contributed by atoms with van der Waals surface area (Å²) in [6.45, 7) is 5.35. The molecule has 0 atom stereocenters. The molecule has 0 amide bonds. The highest BCUT2D eigenvalue weighted by atomic mass is 16.5. The van der Waals surface area contributed by atoms with Crippen molar-refractivity contribution in [2.24, 2.45) is 5.92 Å². The van der Waals surface area contributed by atoms with Crippen molar-refractivity contribution in [3.8, 4) is 0 Å². The lowest BCUT2D eigenvalue weighted by Gasteiger charge is -2.07. The first kappa shape index (κ1) is 13.5. The van der Waals surface area contributed by atoms with E-state index in [0.29, 0.717) is 0 Å². The first-order valence-electron chi connectivity index (χ1n) is 6.98. The molecule has 0 unspecified atom stereocenters. The van der Waals surface area contributed by atoms with Crippen molar-refractivity contribution in [1.29, 1.82) is 0 Å². The average Bonchev–Trinajstić information content (AvgIpc) is 3.11. The van der Waals surface area contributed by atoms with Crippen molar-refractivity contribution < 1.29 is 4.74 Å². The predicted octanol–water partition coefficient (Wildman–Crippen LogP) is 1.38. The van der Waals surface area contributed by atoms with Gasteiger partial charge in [-0.3, -0.25) is 0 Å². The van der Waals surface area contributed by atoms with Gasteiger partial charge in [-0.2, -0.15) is 0 Å². The first-order valence-corrected chi connectivity index (χ1v) is 6.98. The molecular weight excluding hydrogens is 228 g/mol. The molecule has 5 heteroatoms. The van der Waals surface area contributed by atoms with Crippen LogP contribution in [0.5, 0.6) is 0 Å². The fourth-order valence-electron chi connectivity index (χ4n) is 2.13. The fraction of sp³-hybridized carbons (Fsp3) is 0.846. The molecule has 1 heterocycles. The van der Waals surface area contributed by atoms with Gasteiger partial charge in [0.1, 0.15) is 0 Å². The molecule has 18 heavy (non-hydrogen) atoms.